The van der Waals surface area contributed by atoms with Crippen LogP contribution in [0.4, 0.5) is 18.9 Å². The van der Waals surface area contributed by atoms with Crippen molar-refractivity contribution in [2.45, 2.75) is 6.18 Å². The third kappa shape index (κ3) is 4.31. The molecule has 7 nitrogen and oxygen atoms in total. The highest BCUT2D eigenvalue weighted by Gasteiger charge is 2.34. The third-order valence-electron chi connectivity index (χ3n) is 2.47. The summed E-state index contributed by atoms with van der Waals surface area (Å²) < 4.78 is 37.1. The number of nitrogens with zero attached hydrogens (tertiary/aromatic N) is 2. The number of phenols is 1. The number of benzene rings is 1. The Kier molecular flexibility index (Phi) is 5.08. The van der Waals surface area contributed by atoms with E-state index >= 15 is 0 Å². The van der Waals surface area contributed by atoms with Gasteiger partial charge in [-0.1, -0.05) is 6.07 Å². The highest BCUT2D eigenvalue weighted by molar-refractivity contribution is 5.98. The first-order valence-electron chi connectivity index (χ1n) is 5.60. The molecule has 1 rings (SSSR count). The summed E-state index contributed by atoms with van der Waals surface area (Å²) in [4.78, 5) is 21.8. The average molecular weight is 308 g/mol. The molecule has 21 heavy (non-hydrogen) atoms. The maximum Gasteiger partial charge on any atom is 0.406 e. The minimum atomic E-state index is -4.71. The largest absolute Gasteiger partial charge is 0.502 e. The SMILES string of the molecule is O=C(c1cccc([N+](=O)[O-])c1O)N(CCO)CC(F)(F)F. The maximum atomic E-state index is 12.4. The second-order valence-electron chi connectivity index (χ2n) is 4.00. The van der Waals surface area contributed by atoms with Gasteiger partial charge in [0.25, 0.3) is 5.91 Å². The number of phenolic OH excluding ortho intramolecular Hbond substituents is 1. The second kappa shape index (κ2) is 6.39. The Hall–Kier alpha value is -2.36. The van der Waals surface area contributed by atoms with Gasteiger partial charge in [-0.25, -0.2) is 0 Å². The van der Waals surface area contributed by atoms with Crippen molar-refractivity contribution in [1.82, 2.24) is 4.90 Å². The molecule has 1 aromatic rings. The van der Waals surface area contributed by atoms with Crippen LogP contribution >= 0.6 is 0 Å². The summed E-state index contributed by atoms with van der Waals surface area (Å²) in [5, 5.41) is 28.9. The van der Waals surface area contributed by atoms with Gasteiger partial charge in [0, 0.05) is 12.6 Å². The van der Waals surface area contributed by atoms with E-state index in [4.69, 9.17) is 5.11 Å². The summed E-state index contributed by atoms with van der Waals surface area (Å²) in [6, 6.07) is 2.94. The van der Waals surface area contributed by atoms with Crippen LogP contribution in [0.25, 0.3) is 0 Å². The lowest BCUT2D eigenvalue weighted by molar-refractivity contribution is -0.385. The molecule has 0 radical (unpaired) electrons. The molecule has 0 aliphatic rings. The summed E-state index contributed by atoms with van der Waals surface area (Å²) in [5.41, 5.74) is -1.43. The summed E-state index contributed by atoms with van der Waals surface area (Å²) in [6.45, 7) is -2.99. The van der Waals surface area contributed by atoms with Gasteiger partial charge in [-0.3, -0.25) is 14.9 Å². The van der Waals surface area contributed by atoms with E-state index in [1.807, 2.05) is 0 Å². The molecule has 1 aromatic carbocycles. The van der Waals surface area contributed by atoms with Crippen molar-refractivity contribution in [3.63, 3.8) is 0 Å². The molecule has 0 atom stereocenters. The van der Waals surface area contributed by atoms with Crippen LogP contribution in [-0.2, 0) is 0 Å². The zero-order valence-corrected chi connectivity index (χ0v) is 10.5. The number of carbonyl (C=O) groups excluding carboxylic acids is 1. The molecular formula is C11H11F3N2O5. The fourth-order valence-corrected chi connectivity index (χ4v) is 1.61. The van der Waals surface area contributed by atoms with Crippen molar-refractivity contribution < 1.29 is 33.1 Å². The number of aromatic hydroxyl groups is 1. The van der Waals surface area contributed by atoms with E-state index in [-0.39, 0.29) is 4.90 Å². The maximum absolute atomic E-state index is 12.4. The number of halogens is 3. The number of hydrogen-bond donors (Lipinski definition) is 2. The van der Waals surface area contributed by atoms with Crippen LogP contribution in [0, 0.1) is 10.1 Å². The number of aliphatic hydroxyl groups excluding tert-OH is 1. The molecule has 0 aliphatic carbocycles. The van der Waals surface area contributed by atoms with E-state index in [9.17, 15) is 33.2 Å². The monoisotopic (exact) mass is 308 g/mol. The van der Waals surface area contributed by atoms with Gasteiger partial charge in [0.1, 0.15) is 6.54 Å². The van der Waals surface area contributed by atoms with E-state index in [1.165, 1.54) is 0 Å². The number of alkyl halides is 3. The third-order valence-corrected chi connectivity index (χ3v) is 2.47. The Bertz CT molecular complexity index is 547. The van der Waals surface area contributed by atoms with E-state index in [2.05, 4.69) is 0 Å². The van der Waals surface area contributed by atoms with Crippen molar-refractivity contribution in [2.75, 3.05) is 19.7 Å². The fourth-order valence-electron chi connectivity index (χ4n) is 1.61. The van der Waals surface area contributed by atoms with Crippen molar-refractivity contribution in [2.24, 2.45) is 0 Å². The summed E-state index contributed by atoms with van der Waals surface area (Å²) in [5.74, 6) is -2.28. The molecule has 0 aromatic heterocycles. The van der Waals surface area contributed by atoms with Gasteiger partial charge in [-0.2, -0.15) is 13.2 Å². The first kappa shape index (κ1) is 16.7. The van der Waals surface area contributed by atoms with Crippen molar-refractivity contribution in [3.8, 4) is 5.75 Å². The van der Waals surface area contributed by atoms with Crippen LogP contribution in [0.1, 0.15) is 10.4 Å². The van der Waals surface area contributed by atoms with Crippen LogP contribution < -0.4 is 0 Å². The van der Waals surface area contributed by atoms with E-state index in [0.717, 1.165) is 18.2 Å². The lowest BCUT2D eigenvalue weighted by atomic mass is 10.1. The Morgan fingerprint density at radius 1 is 1.38 bits per heavy atom. The number of para-hydroxylation sites is 1. The minimum Gasteiger partial charge on any atom is -0.502 e. The molecule has 1 amide bonds. The van der Waals surface area contributed by atoms with Gasteiger partial charge in [-0.15, -0.1) is 0 Å². The summed E-state index contributed by atoms with van der Waals surface area (Å²) >= 11 is 0. The Morgan fingerprint density at radius 3 is 2.48 bits per heavy atom. The highest BCUT2D eigenvalue weighted by atomic mass is 19.4. The molecular weight excluding hydrogens is 297 g/mol. The number of amides is 1. The average Bonchev–Trinajstić information content (AvgIpc) is 2.36. The molecule has 0 heterocycles. The van der Waals surface area contributed by atoms with Gasteiger partial charge in [0.15, 0.2) is 0 Å². The van der Waals surface area contributed by atoms with E-state index in [1.54, 1.807) is 0 Å². The minimum absolute atomic E-state index is 0.249. The van der Waals surface area contributed by atoms with Gasteiger partial charge in [0.05, 0.1) is 17.1 Å². The number of nitro benzene ring substituents is 1. The zero-order valence-electron chi connectivity index (χ0n) is 10.5. The van der Waals surface area contributed by atoms with Crippen LogP contribution in [0.2, 0.25) is 0 Å². The molecule has 0 spiro atoms. The first-order chi connectivity index (χ1) is 9.67. The lowest BCUT2D eigenvalue weighted by Crippen LogP contribution is -2.40. The zero-order chi connectivity index (χ0) is 16.2. The van der Waals surface area contributed by atoms with Crippen LogP contribution in [-0.4, -0.2) is 51.8 Å². The lowest BCUT2D eigenvalue weighted by Gasteiger charge is -2.23. The molecule has 10 heteroatoms. The number of rotatable bonds is 5. The Balaban J connectivity index is 3.15. The smallest absolute Gasteiger partial charge is 0.406 e. The molecule has 0 fully saturated rings. The molecule has 0 unspecified atom stereocenters. The number of hydrogen-bond acceptors (Lipinski definition) is 5. The van der Waals surface area contributed by atoms with Crippen LogP contribution in [0.15, 0.2) is 18.2 Å². The predicted molar refractivity (Wildman–Crippen MR) is 63.8 cm³/mol. The molecule has 2 N–H and O–H groups in total. The van der Waals surface area contributed by atoms with Crippen LogP contribution in [0.3, 0.4) is 0 Å². The summed E-state index contributed by atoms with van der Waals surface area (Å²) in [7, 11) is 0. The first-order valence-corrected chi connectivity index (χ1v) is 5.60. The van der Waals surface area contributed by atoms with E-state index < -0.39 is 53.7 Å². The van der Waals surface area contributed by atoms with Gasteiger partial charge >= 0.3 is 11.9 Å². The van der Waals surface area contributed by atoms with Gasteiger partial charge in [-0.05, 0) is 6.07 Å². The van der Waals surface area contributed by atoms with Gasteiger partial charge < -0.3 is 15.1 Å². The number of aliphatic hydroxyl groups is 1. The van der Waals surface area contributed by atoms with E-state index in [0.29, 0.717) is 0 Å². The molecule has 0 saturated heterocycles. The number of carbonyl (C=O) groups is 1. The molecule has 0 bridgehead atoms. The van der Waals surface area contributed by atoms with Gasteiger partial charge in [0.2, 0.25) is 5.75 Å². The quantitative estimate of drug-likeness (QED) is 0.630. The van der Waals surface area contributed by atoms with Crippen molar-refractivity contribution >= 4 is 11.6 Å². The molecule has 116 valence electrons. The summed E-state index contributed by atoms with van der Waals surface area (Å²) in [6.07, 6.45) is -4.71. The fraction of sp³-hybridized carbons (Fsp3) is 0.364. The Labute approximate surface area is 116 Å². The Morgan fingerprint density at radius 2 is 2.00 bits per heavy atom. The number of nitro groups is 1. The topological polar surface area (TPSA) is 104 Å². The molecule has 0 aliphatic heterocycles. The molecule has 0 saturated carbocycles. The van der Waals surface area contributed by atoms with Crippen molar-refractivity contribution in [1.29, 1.82) is 0 Å². The predicted octanol–water partition coefficient (Wildman–Crippen LogP) is 1.30. The van der Waals surface area contributed by atoms with Crippen LogP contribution in [0.5, 0.6) is 5.75 Å². The second-order valence-corrected chi connectivity index (χ2v) is 4.00. The standard InChI is InChI=1S/C11H11F3N2O5/c12-11(13,14)6-15(4-5-17)10(19)7-2-1-3-8(9(7)18)16(20)21/h1-3,17-18H,4-6H2. The highest BCUT2D eigenvalue weighted by Crippen LogP contribution is 2.30. The van der Waals surface area contributed by atoms with Crippen molar-refractivity contribution in [3.05, 3.63) is 33.9 Å². The normalized spacial score (nSPS) is 11.2.